The van der Waals surface area contributed by atoms with Crippen LogP contribution in [-0.4, -0.2) is 12.0 Å². The largest absolute Gasteiger partial charge is 0.481 e. The molecule has 3 nitrogen and oxygen atoms in total. The Morgan fingerprint density at radius 2 is 1.74 bits per heavy atom. The molecule has 1 N–H and O–H groups in total. The number of anilines is 1. The van der Waals surface area contributed by atoms with E-state index in [1.165, 1.54) is 25.1 Å². The Morgan fingerprint density at radius 3 is 2.35 bits per heavy atom. The van der Waals surface area contributed by atoms with Gasteiger partial charge in [0.2, 0.25) is 0 Å². The lowest BCUT2D eigenvalue weighted by molar-refractivity contribution is -0.137. The number of ether oxygens (including phenoxy) is 1. The van der Waals surface area contributed by atoms with Gasteiger partial charge in [0.1, 0.15) is 5.75 Å². The zero-order valence-electron chi connectivity index (χ0n) is 12.0. The van der Waals surface area contributed by atoms with Crippen molar-refractivity contribution in [2.45, 2.75) is 19.2 Å². The Kier molecular flexibility index (Phi) is 5.15. The first-order chi connectivity index (χ1) is 10.8. The average Bonchev–Trinajstić information content (AvgIpc) is 2.49. The van der Waals surface area contributed by atoms with Gasteiger partial charge in [-0.15, -0.1) is 0 Å². The molecule has 2 aromatic carbocycles. The molecule has 2 aromatic rings. The van der Waals surface area contributed by atoms with Crippen LogP contribution in [0, 0.1) is 0 Å². The highest BCUT2D eigenvalue weighted by Crippen LogP contribution is 2.34. The van der Waals surface area contributed by atoms with Crippen LogP contribution in [0.15, 0.2) is 48.5 Å². The Hall–Kier alpha value is -2.21. The minimum absolute atomic E-state index is 0.309. The predicted molar refractivity (Wildman–Crippen MR) is 81.6 cm³/mol. The molecule has 0 saturated heterocycles. The summed E-state index contributed by atoms with van der Waals surface area (Å²) < 4.78 is 44.0. The number of amides is 1. The van der Waals surface area contributed by atoms with E-state index in [1.54, 1.807) is 24.3 Å². The van der Waals surface area contributed by atoms with Gasteiger partial charge in [0, 0.05) is 5.02 Å². The zero-order valence-corrected chi connectivity index (χ0v) is 12.8. The maximum Gasteiger partial charge on any atom is 0.418 e. The fourth-order valence-electron chi connectivity index (χ4n) is 1.84. The van der Waals surface area contributed by atoms with Crippen LogP contribution in [-0.2, 0) is 11.0 Å². The van der Waals surface area contributed by atoms with Gasteiger partial charge in [0.25, 0.3) is 5.91 Å². The average molecular weight is 344 g/mol. The molecular weight excluding hydrogens is 331 g/mol. The van der Waals surface area contributed by atoms with Crippen molar-refractivity contribution in [1.82, 2.24) is 0 Å². The van der Waals surface area contributed by atoms with Crippen molar-refractivity contribution >= 4 is 23.2 Å². The molecule has 0 bridgehead atoms. The van der Waals surface area contributed by atoms with Crippen molar-refractivity contribution in [3.63, 3.8) is 0 Å². The van der Waals surface area contributed by atoms with E-state index in [-0.39, 0.29) is 5.69 Å². The van der Waals surface area contributed by atoms with E-state index in [1.807, 2.05) is 0 Å². The topological polar surface area (TPSA) is 38.3 Å². The van der Waals surface area contributed by atoms with Gasteiger partial charge in [-0.25, -0.2) is 0 Å². The van der Waals surface area contributed by atoms with E-state index in [9.17, 15) is 18.0 Å². The smallest absolute Gasteiger partial charge is 0.418 e. The van der Waals surface area contributed by atoms with Crippen LogP contribution < -0.4 is 10.1 Å². The predicted octanol–water partition coefficient (Wildman–Crippen LogP) is 4.76. The Morgan fingerprint density at radius 1 is 1.13 bits per heavy atom. The lowest BCUT2D eigenvalue weighted by Crippen LogP contribution is -2.31. The van der Waals surface area contributed by atoms with Gasteiger partial charge >= 0.3 is 6.18 Å². The van der Waals surface area contributed by atoms with Gasteiger partial charge in [-0.2, -0.15) is 13.2 Å². The second kappa shape index (κ2) is 6.91. The van der Waals surface area contributed by atoms with E-state index in [0.717, 1.165) is 6.07 Å². The number of alkyl halides is 3. The first-order valence-corrected chi connectivity index (χ1v) is 7.04. The molecule has 23 heavy (non-hydrogen) atoms. The minimum Gasteiger partial charge on any atom is -0.481 e. The number of nitrogens with one attached hydrogen (secondary N) is 1. The molecule has 0 aliphatic rings. The Bertz CT molecular complexity index is 686. The van der Waals surface area contributed by atoms with E-state index in [2.05, 4.69) is 5.32 Å². The molecule has 1 amide bonds. The van der Waals surface area contributed by atoms with Crippen LogP contribution in [0.25, 0.3) is 0 Å². The van der Waals surface area contributed by atoms with E-state index in [4.69, 9.17) is 16.3 Å². The lowest BCUT2D eigenvalue weighted by atomic mass is 10.1. The molecule has 0 fully saturated rings. The molecule has 7 heteroatoms. The number of para-hydroxylation sites is 1. The van der Waals surface area contributed by atoms with Gasteiger partial charge < -0.3 is 10.1 Å². The van der Waals surface area contributed by atoms with Crippen molar-refractivity contribution in [3.8, 4) is 5.75 Å². The first-order valence-electron chi connectivity index (χ1n) is 6.66. The molecule has 0 spiro atoms. The van der Waals surface area contributed by atoms with Crippen LogP contribution in [0.2, 0.25) is 5.02 Å². The quantitative estimate of drug-likeness (QED) is 0.868. The summed E-state index contributed by atoms with van der Waals surface area (Å²) in [5.74, 6) is -0.294. The minimum atomic E-state index is -4.55. The Labute approximate surface area is 136 Å². The number of rotatable bonds is 4. The summed E-state index contributed by atoms with van der Waals surface area (Å²) in [6.07, 6.45) is -5.53. The molecule has 0 radical (unpaired) electrons. The van der Waals surface area contributed by atoms with Crippen LogP contribution >= 0.6 is 11.6 Å². The fourth-order valence-corrected chi connectivity index (χ4v) is 1.97. The van der Waals surface area contributed by atoms with Gasteiger partial charge in [-0.1, -0.05) is 23.7 Å². The standard InChI is InChI=1S/C16H13ClF3NO2/c1-10(23-12-8-6-11(17)7-9-12)15(22)21-14-5-3-2-4-13(14)16(18,19)20/h2-10H,1H3,(H,21,22). The molecule has 0 aliphatic heterocycles. The van der Waals surface area contributed by atoms with Crippen molar-refractivity contribution in [2.75, 3.05) is 5.32 Å². The van der Waals surface area contributed by atoms with Crippen LogP contribution in [0.5, 0.6) is 5.75 Å². The molecule has 122 valence electrons. The lowest BCUT2D eigenvalue weighted by Gasteiger charge is -2.17. The molecule has 0 aliphatic carbocycles. The second-order valence-electron chi connectivity index (χ2n) is 4.75. The first kappa shape index (κ1) is 17.1. The zero-order chi connectivity index (χ0) is 17.0. The fraction of sp³-hybridized carbons (Fsp3) is 0.188. The summed E-state index contributed by atoms with van der Waals surface area (Å²) in [6, 6.07) is 11.1. The highest BCUT2D eigenvalue weighted by molar-refractivity contribution is 6.30. The summed E-state index contributed by atoms with van der Waals surface area (Å²) in [5, 5.41) is 2.75. The normalized spacial score (nSPS) is 12.6. The van der Waals surface area contributed by atoms with Gasteiger partial charge in [0.05, 0.1) is 11.3 Å². The maximum atomic E-state index is 12.9. The molecular formula is C16H13ClF3NO2. The molecule has 1 unspecified atom stereocenters. The van der Waals surface area contributed by atoms with Crippen LogP contribution in [0.1, 0.15) is 12.5 Å². The highest BCUT2D eigenvalue weighted by Gasteiger charge is 2.33. The summed E-state index contributed by atoms with van der Waals surface area (Å²) in [4.78, 5) is 12.0. The molecule has 2 rings (SSSR count). The summed E-state index contributed by atoms with van der Waals surface area (Å²) in [7, 11) is 0. The summed E-state index contributed by atoms with van der Waals surface area (Å²) in [5.41, 5.74) is -1.22. The third-order valence-electron chi connectivity index (χ3n) is 2.99. The third kappa shape index (κ3) is 4.63. The van der Waals surface area contributed by atoms with Crippen molar-refractivity contribution in [3.05, 3.63) is 59.1 Å². The highest BCUT2D eigenvalue weighted by atomic mass is 35.5. The van der Waals surface area contributed by atoms with Gasteiger partial charge in [-0.3, -0.25) is 4.79 Å². The van der Waals surface area contributed by atoms with Gasteiger partial charge in [0.15, 0.2) is 6.10 Å². The number of carbonyl (C=O) groups is 1. The Balaban J connectivity index is 2.08. The molecule has 0 saturated carbocycles. The van der Waals surface area contributed by atoms with Crippen LogP contribution in [0.3, 0.4) is 0 Å². The SMILES string of the molecule is CC(Oc1ccc(Cl)cc1)C(=O)Nc1ccccc1C(F)(F)F. The van der Waals surface area contributed by atoms with Crippen molar-refractivity contribution in [1.29, 1.82) is 0 Å². The van der Waals surface area contributed by atoms with Crippen LogP contribution in [0.4, 0.5) is 18.9 Å². The van der Waals surface area contributed by atoms with E-state index < -0.39 is 23.8 Å². The molecule has 0 aromatic heterocycles. The summed E-state index contributed by atoms with van der Waals surface area (Å²) >= 11 is 5.74. The number of hydrogen-bond donors (Lipinski definition) is 1. The van der Waals surface area contributed by atoms with Crippen molar-refractivity contribution in [2.24, 2.45) is 0 Å². The third-order valence-corrected chi connectivity index (χ3v) is 3.24. The second-order valence-corrected chi connectivity index (χ2v) is 5.18. The number of hydrogen-bond acceptors (Lipinski definition) is 2. The van der Waals surface area contributed by atoms with Crippen molar-refractivity contribution < 1.29 is 22.7 Å². The maximum absolute atomic E-state index is 12.9. The molecule has 0 heterocycles. The summed E-state index contributed by atoms with van der Waals surface area (Å²) in [6.45, 7) is 1.44. The number of benzene rings is 2. The molecule has 1 atom stereocenters. The van der Waals surface area contributed by atoms with Gasteiger partial charge in [-0.05, 0) is 43.3 Å². The number of halogens is 4. The van der Waals surface area contributed by atoms with E-state index >= 15 is 0 Å². The number of carbonyl (C=O) groups excluding carboxylic acids is 1. The monoisotopic (exact) mass is 343 g/mol. The van der Waals surface area contributed by atoms with E-state index in [0.29, 0.717) is 10.8 Å².